The van der Waals surface area contributed by atoms with E-state index in [1.165, 1.54) is 18.6 Å². The number of carbonyl (C=O) groups excluding carboxylic acids is 1. The molecule has 1 amide bonds. The number of hydrogen-bond acceptors (Lipinski definition) is 6. The lowest BCUT2D eigenvalue weighted by Crippen LogP contribution is -2.60. The molecule has 22 heavy (non-hydrogen) atoms. The van der Waals surface area contributed by atoms with Crippen LogP contribution in [0.5, 0.6) is 0 Å². The standard InChI is InChI=1S/C14H20N4O3S/c1-2-5-17-6-7-18(13-10-22(20,21)9-12(13)17)14(19)11-8-15-3-4-16-11/h3-4,8,12-13H,2,5-7,9-10H2,1H3/t12-,13+/m1/s1. The van der Waals surface area contributed by atoms with Crippen molar-refractivity contribution in [2.45, 2.75) is 25.4 Å². The number of sulfone groups is 1. The fourth-order valence-corrected chi connectivity index (χ4v) is 5.41. The van der Waals surface area contributed by atoms with Gasteiger partial charge in [-0.05, 0) is 13.0 Å². The molecule has 1 aromatic rings. The minimum absolute atomic E-state index is 0.0455. The molecule has 2 aliphatic rings. The molecule has 0 bridgehead atoms. The molecule has 0 aliphatic carbocycles. The molecule has 3 rings (SSSR count). The fraction of sp³-hybridized carbons (Fsp3) is 0.643. The Morgan fingerprint density at radius 2 is 2.05 bits per heavy atom. The van der Waals surface area contributed by atoms with Crippen LogP contribution in [0.25, 0.3) is 0 Å². The van der Waals surface area contributed by atoms with Crippen LogP contribution in [0.1, 0.15) is 23.8 Å². The zero-order valence-corrected chi connectivity index (χ0v) is 13.4. The second kappa shape index (κ2) is 5.92. The van der Waals surface area contributed by atoms with Crippen LogP contribution in [0.3, 0.4) is 0 Å². The average Bonchev–Trinajstić information content (AvgIpc) is 2.83. The zero-order valence-electron chi connectivity index (χ0n) is 12.6. The van der Waals surface area contributed by atoms with Gasteiger partial charge < -0.3 is 4.90 Å². The SMILES string of the molecule is CCCN1CCN(C(=O)c2cnccn2)[C@H]2CS(=O)(=O)C[C@H]21. The number of fused-ring (bicyclic) bond motifs is 1. The predicted molar refractivity (Wildman–Crippen MR) is 81.2 cm³/mol. The summed E-state index contributed by atoms with van der Waals surface area (Å²) in [4.78, 5) is 24.5. The van der Waals surface area contributed by atoms with Crippen LogP contribution in [0, 0.1) is 0 Å². The van der Waals surface area contributed by atoms with Gasteiger partial charge in [-0.1, -0.05) is 6.92 Å². The summed E-state index contributed by atoms with van der Waals surface area (Å²) in [6.45, 7) is 4.18. The molecule has 1 aromatic heterocycles. The van der Waals surface area contributed by atoms with E-state index in [4.69, 9.17) is 0 Å². The molecule has 0 aromatic carbocycles. The van der Waals surface area contributed by atoms with Crippen molar-refractivity contribution in [3.05, 3.63) is 24.3 Å². The first-order valence-electron chi connectivity index (χ1n) is 7.53. The van der Waals surface area contributed by atoms with Gasteiger partial charge in [-0.25, -0.2) is 13.4 Å². The summed E-state index contributed by atoms with van der Waals surface area (Å²) in [6.07, 6.45) is 5.39. The summed E-state index contributed by atoms with van der Waals surface area (Å²) in [6, 6.07) is -0.376. The third kappa shape index (κ3) is 2.85. The lowest BCUT2D eigenvalue weighted by Gasteiger charge is -2.43. The zero-order chi connectivity index (χ0) is 15.7. The van der Waals surface area contributed by atoms with Crippen LogP contribution in [-0.2, 0) is 9.84 Å². The van der Waals surface area contributed by atoms with Gasteiger partial charge in [0.2, 0.25) is 0 Å². The molecule has 0 saturated carbocycles. The highest BCUT2D eigenvalue weighted by atomic mass is 32.2. The Bertz CT molecular complexity index is 649. The lowest BCUT2D eigenvalue weighted by molar-refractivity contribution is 0.0328. The van der Waals surface area contributed by atoms with E-state index < -0.39 is 9.84 Å². The Hall–Kier alpha value is -1.54. The largest absolute Gasteiger partial charge is 0.330 e. The van der Waals surface area contributed by atoms with Gasteiger partial charge in [0.05, 0.1) is 23.7 Å². The van der Waals surface area contributed by atoms with E-state index >= 15 is 0 Å². The van der Waals surface area contributed by atoms with Crippen molar-refractivity contribution in [3.8, 4) is 0 Å². The molecule has 0 N–H and O–H groups in total. The Morgan fingerprint density at radius 1 is 1.27 bits per heavy atom. The number of carbonyl (C=O) groups is 1. The number of hydrogen-bond donors (Lipinski definition) is 0. The van der Waals surface area contributed by atoms with Gasteiger partial charge >= 0.3 is 0 Å². The highest BCUT2D eigenvalue weighted by molar-refractivity contribution is 7.91. The maximum Gasteiger partial charge on any atom is 0.274 e. The predicted octanol–water partition coefficient (Wildman–Crippen LogP) is -0.190. The van der Waals surface area contributed by atoms with Crippen molar-refractivity contribution >= 4 is 15.7 Å². The van der Waals surface area contributed by atoms with Gasteiger partial charge in [0.1, 0.15) is 5.69 Å². The number of rotatable bonds is 3. The molecule has 8 heteroatoms. The molecule has 2 atom stereocenters. The molecule has 2 saturated heterocycles. The topological polar surface area (TPSA) is 83.5 Å². The second-order valence-electron chi connectivity index (χ2n) is 5.84. The van der Waals surface area contributed by atoms with E-state index in [0.29, 0.717) is 13.1 Å². The Balaban J connectivity index is 1.86. The molecule has 0 spiro atoms. The summed E-state index contributed by atoms with van der Waals surface area (Å²) < 4.78 is 24.1. The number of aromatic nitrogens is 2. The lowest BCUT2D eigenvalue weighted by atomic mass is 10.0. The molecule has 2 aliphatic heterocycles. The fourth-order valence-electron chi connectivity index (χ4n) is 3.40. The minimum Gasteiger partial charge on any atom is -0.330 e. The van der Waals surface area contributed by atoms with Crippen LogP contribution in [0.2, 0.25) is 0 Å². The molecule has 120 valence electrons. The van der Waals surface area contributed by atoms with Crippen LogP contribution in [-0.4, -0.2) is 77.3 Å². The van der Waals surface area contributed by atoms with E-state index in [2.05, 4.69) is 21.8 Å². The second-order valence-corrected chi connectivity index (χ2v) is 7.99. The molecular formula is C14H20N4O3S. The van der Waals surface area contributed by atoms with Crippen LogP contribution in [0.15, 0.2) is 18.6 Å². The summed E-state index contributed by atoms with van der Waals surface area (Å²) in [5, 5.41) is 0. The average molecular weight is 324 g/mol. The van der Waals surface area contributed by atoms with Crippen LogP contribution in [0.4, 0.5) is 0 Å². The Kier molecular flexibility index (Phi) is 4.14. The van der Waals surface area contributed by atoms with Gasteiger partial charge in [0.25, 0.3) is 5.91 Å². The van der Waals surface area contributed by atoms with E-state index in [1.807, 2.05) is 0 Å². The summed E-state index contributed by atoms with van der Waals surface area (Å²) >= 11 is 0. The first kappa shape index (κ1) is 15.4. The van der Waals surface area contributed by atoms with E-state index in [9.17, 15) is 13.2 Å². The summed E-state index contributed by atoms with van der Waals surface area (Å²) in [7, 11) is -3.10. The molecular weight excluding hydrogens is 304 g/mol. The highest BCUT2D eigenvalue weighted by Gasteiger charge is 2.47. The van der Waals surface area contributed by atoms with Gasteiger partial charge in [0.15, 0.2) is 9.84 Å². The maximum atomic E-state index is 12.6. The van der Waals surface area contributed by atoms with Gasteiger partial charge in [-0.15, -0.1) is 0 Å². The minimum atomic E-state index is -3.10. The smallest absolute Gasteiger partial charge is 0.274 e. The molecule has 0 radical (unpaired) electrons. The maximum absolute atomic E-state index is 12.6. The number of nitrogens with zero attached hydrogens (tertiary/aromatic N) is 4. The molecule has 2 fully saturated rings. The third-order valence-electron chi connectivity index (χ3n) is 4.34. The first-order chi connectivity index (χ1) is 10.5. The summed E-state index contributed by atoms with van der Waals surface area (Å²) in [5.74, 6) is -0.0393. The monoisotopic (exact) mass is 324 g/mol. The normalized spacial score (nSPS) is 27.6. The van der Waals surface area contributed by atoms with E-state index in [0.717, 1.165) is 13.0 Å². The van der Waals surface area contributed by atoms with Crippen molar-refractivity contribution in [1.82, 2.24) is 19.8 Å². The van der Waals surface area contributed by atoms with Gasteiger partial charge in [-0.3, -0.25) is 14.7 Å². The van der Waals surface area contributed by atoms with Gasteiger partial charge in [0, 0.05) is 31.5 Å². The number of amides is 1. The van der Waals surface area contributed by atoms with E-state index in [-0.39, 0.29) is 35.2 Å². The highest BCUT2D eigenvalue weighted by Crippen LogP contribution is 2.28. The van der Waals surface area contributed by atoms with Crippen LogP contribution >= 0.6 is 0 Å². The van der Waals surface area contributed by atoms with Crippen LogP contribution < -0.4 is 0 Å². The molecule has 7 nitrogen and oxygen atoms in total. The van der Waals surface area contributed by atoms with Crippen molar-refractivity contribution in [3.63, 3.8) is 0 Å². The van der Waals surface area contributed by atoms with Gasteiger partial charge in [-0.2, -0.15) is 0 Å². The number of piperazine rings is 1. The molecule has 3 heterocycles. The van der Waals surface area contributed by atoms with Crippen molar-refractivity contribution in [1.29, 1.82) is 0 Å². The van der Waals surface area contributed by atoms with Crippen molar-refractivity contribution in [2.24, 2.45) is 0 Å². The first-order valence-corrected chi connectivity index (χ1v) is 9.35. The molecule has 0 unspecified atom stereocenters. The Morgan fingerprint density at radius 3 is 2.73 bits per heavy atom. The van der Waals surface area contributed by atoms with E-state index in [1.54, 1.807) is 4.90 Å². The Labute approximate surface area is 130 Å². The van der Waals surface area contributed by atoms with Crippen molar-refractivity contribution < 1.29 is 13.2 Å². The third-order valence-corrected chi connectivity index (χ3v) is 6.04. The quantitative estimate of drug-likeness (QED) is 0.766. The van der Waals surface area contributed by atoms with Crippen molar-refractivity contribution in [2.75, 3.05) is 31.1 Å². The summed E-state index contributed by atoms with van der Waals surface area (Å²) in [5.41, 5.74) is 0.273.